The molecule has 2 aliphatic rings. The van der Waals surface area contributed by atoms with E-state index in [-0.39, 0.29) is 17.1 Å². The van der Waals surface area contributed by atoms with Crippen LogP contribution in [0.2, 0.25) is 0 Å². The van der Waals surface area contributed by atoms with Crippen molar-refractivity contribution in [1.82, 2.24) is 0 Å². The van der Waals surface area contributed by atoms with Gasteiger partial charge in [0.1, 0.15) is 11.5 Å². The Kier molecular flexibility index (Phi) is 7.95. The molecule has 0 saturated heterocycles. The average Bonchev–Trinajstić information content (AvgIpc) is 2.79. The monoisotopic (exact) mass is 476 g/mol. The molecule has 3 nitrogen and oxygen atoms in total. The van der Waals surface area contributed by atoms with Crippen molar-refractivity contribution >= 4 is 5.97 Å². The van der Waals surface area contributed by atoms with E-state index >= 15 is 0 Å². The third-order valence-electron chi connectivity index (χ3n) is 7.54. The number of alkyl halides is 5. The molecule has 1 aromatic carbocycles. The second-order valence-electron chi connectivity index (χ2n) is 9.56. The number of esters is 1. The maximum atomic E-state index is 13.7. The van der Waals surface area contributed by atoms with Gasteiger partial charge in [0.25, 0.3) is 0 Å². The van der Waals surface area contributed by atoms with Crippen molar-refractivity contribution in [2.75, 3.05) is 0 Å². The predicted molar refractivity (Wildman–Crippen MR) is 114 cm³/mol. The largest absolute Gasteiger partial charge is 0.499 e. The molecule has 1 aromatic rings. The molecule has 0 heterocycles. The van der Waals surface area contributed by atoms with Crippen LogP contribution in [0.15, 0.2) is 24.3 Å². The lowest BCUT2D eigenvalue weighted by molar-refractivity contribution is -0.360. The summed E-state index contributed by atoms with van der Waals surface area (Å²) in [6.45, 7) is 2.15. The summed E-state index contributed by atoms with van der Waals surface area (Å²) in [5.74, 6) is -0.834. The topological polar surface area (TPSA) is 35.5 Å². The van der Waals surface area contributed by atoms with Crippen molar-refractivity contribution in [2.24, 2.45) is 10.8 Å². The Hall–Kier alpha value is -1.86. The molecule has 0 N–H and O–H groups in total. The third kappa shape index (κ3) is 5.46. The number of unbranched alkanes of at least 4 members (excludes halogenated alkanes) is 1. The van der Waals surface area contributed by atoms with Gasteiger partial charge in [-0.3, -0.25) is 4.79 Å². The van der Waals surface area contributed by atoms with Gasteiger partial charge in [-0.15, -0.1) is 0 Å². The molecular weight excluding hydrogens is 443 g/mol. The molecule has 33 heavy (non-hydrogen) atoms. The standard InChI is InChI=1S/C25H33F5O3/c1-2-3-14-22(15-6-4-7-16-22)23(17-8-5-9-18-23)21(31)32-19-10-12-20(13-11-19)33-25(29,30)24(26,27)28/h10-13H,2-9,14-18H2,1H3. The summed E-state index contributed by atoms with van der Waals surface area (Å²) in [6.07, 6.45) is 1.87. The van der Waals surface area contributed by atoms with Crippen LogP contribution in [0.25, 0.3) is 0 Å². The second kappa shape index (κ2) is 10.2. The zero-order chi connectivity index (χ0) is 24.2. The summed E-state index contributed by atoms with van der Waals surface area (Å²) >= 11 is 0. The van der Waals surface area contributed by atoms with Gasteiger partial charge in [0.05, 0.1) is 5.41 Å². The lowest BCUT2D eigenvalue weighted by Crippen LogP contribution is -2.52. The SMILES string of the molecule is CCCCC1(C2(C(=O)Oc3ccc(OC(F)(F)C(F)(F)F)cc3)CCCCC2)CCCCC1. The summed E-state index contributed by atoms with van der Waals surface area (Å²) in [6, 6.07) is 4.33. The maximum Gasteiger partial charge on any atom is 0.499 e. The van der Waals surface area contributed by atoms with Gasteiger partial charge in [-0.1, -0.05) is 58.3 Å². The predicted octanol–water partition coefficient (Wildman–Crippen LogP) is 8.22. The van der Waals surface area contributed by atoms with E-state index < -0.39 is 23.4 Å². The van der Waals surface area contributed by atoms with E-state index in [4.69, 9.17) is 4.74 Å². The highest BCUT2D eigenvalue weighted by atomic mass is 19.4. The van der Waals surface area contributed by atoms with Crippen LogP contribution in [0.3, 0.4) is 0 Å². The molecular formula is C25H33F5O3. The molecule has 2 aliphatic carbocycles. The van der Waals surface area contributed by atoms with E-state index in [1.165, 1.54) is 18.6 Å². The van der Waals surface area contributed by atoms with Crippen molar-refractivity contribution in [1.29, 1.82) is 0 Å². The van der Waals surface area contributed by atoms with Gasteiger partial charge in [0.15, 0.2) is 0 Å². The van der Waals surface area contributed by atoms with E-state index in [0.717, 1.165) is 89.2 Å². The Bertz CT molecular complexity index is 776. The zero-order valence-electron chi connectivity index (χ0n) is 19.1. The fraction of sp³-hybridized carbons (Fsp3) is 0.720. The van der Waals surface area contributed by atoms with Gasteiger partial charge in [-0.25, -0.2) is 0 Å². The summed E-state index contributed by atoms with van der Waals surface area (Å²) < 4.78 is 73.0. The Morgan fingerprint density at radius 1 is 0.848 bits per heavy atom. The number of ether oxygens (including phenoxy) is 2. The second-order valence-corrected chi connectivity index (χ2v) is 9.56. The Balaban J connectivity index is 1.80. The van der Waals surface area contributed by atoms with Crippen molar-refractivity contribution in [3.8, 4) is 11.5 Å². The van der Waals surface area contributed by atoms with E-state index in [0.29, 0.717) is 0 Å². The highest BCUT2D eigenvalue weighted by Gasteiger charge is 2.61. The molecule has 0 bridgehead atoms. The summed E-state index contributed by atoms with van der Waals surface area (Å²) in [5, 5.41) is 0. The number of halogens is 5. The lowest BCUT2D eigenvalue weighted by Gasteiger charge is -2.53. The first kappa shape index (κ1) is 25.8. The van der Waals surface area contributed by atoms with Gasteiger partial charge >= 0.3 is 18.3 Å². The Labute approximate surface area is 192 Å². The van der Waals surface area contributed by atoms with E-state index in [1.807, 2.05) is 0 Å². The van der Waals surface area contributed by atoms with Crippen molar-refractivity contribution < 1.29 is 36.2 Å². The molecule has 0 spiro atoms. The number of carbonyl (C=O) groups excluding carboxylic acids is 1. The quantitative estimate of drug-likeness (QED) is 0.215. The number of hydrogen-bond donors (Lipinski definition) is 0. The summed E-state index contributed by atoms with van der Waals surface area (Å²) in [7, 11) is 0. The van der Waals surface area contributed by atoms with Crippen LogP contribution >= 0.6 is 0 Å². The third-order valence-corrected chi connectivity index (χ3v) is 7.54. The Morgan fingerprint density at radius 2 is 1.36 bits per heavy atom. The molecule has 2 fully saturated rings. The van der Waals surface area contributed by atoms with Crippen molar-refractivity contribution in [2.45, 2.75) is 103 Å². The minimum absolute atomic E-state index is 0.101. The zero-order valence-corrected chi connectivity index (χ0v) is 19.1. The van der Waals surface area contributed by atoms with Crippen molar-refractivity contribution in [3.63, 3.8) is 0 Å². The van der Waals surface area contributed by atoms with Gasteiger partial charge in [-0.2, -0.15) is 22.0 Å². The van der Waals surface area contributed by atoms with Crippen molar-refractivity contribution in [3.05, 3.63) is 24.3 Å². The van der Waals surface area contributed by atoms with Crippen LogP contribution in [0.5, 0.6) is 11.5 Å². The molecule has 0 atom stereocenters. The van der Waals surface area contributed by atoms with Gasteiger partial charge in [0, 0.05) is 0 Å². The minimum Gasteiger partial charge on any atom is -0.426 e. The first-order valence-electron chi connectivity index (χ1n) is 12.0. The van der Waals surface area contributed by atoms with Gasteiger partial charge in [-0.05, 0) is 61.8 Å². The summed E-state index contributed by atoms with van der Waals surface area (Å²) in [4.78, 5) is 13.7. The summed E-state index contributed by atoms with van der Waals surface area (Å²) in [5.41, 5.74) is -0.685. The molecule has 8 heteroatoms. The molecule has 0 radical (unpaired) electrons. The first-order valence-corrected chi connectivity index (χ1v) is 12.0. The van der Waals surface area contributed by atoms with Gasteiger partial charge < -0.3 is 9.47 Å². The average molecular weight is 477 g/mol. The minimum atomic E-state index is -5.82. The lowest BCUT2D eigenvalue weighted by atomic mass is 9.50. The van der Waals surface area contributed by atoms with Crippen LogP contribution in [-0.4, -0.2) is 18.3 Å². The fourth-order valence-corrected chi connectivity index (χ4v) is 5.80. The fourth-order valence-electron chi connectivity index (χ4n) is 5.80. The smallest absolute Gasteiger partial charge is 0.426 e. The van der Waals surface area contributed by atoms with Crippen LogP contribution in [0.4, 0.5) is 22.0 Å². The van der Waals surface area contributed by atoms with E-state index in [9.17, 15) is 26.7 Å². The molecule has 3 rings (SSSR count). The molecule has 0 amide bonds. The van der Waals surface area contributed by atoms with Gasteiger partial charge in [0.2, 0.25) is 0 Å². The van der Waals surface area contributed by atoms with E-state index in [1.54, 1.807) is 0 Å². The number of benzene rings is 1. The first-order chi connectivity index (χ1) is 15.6. The van der Waals surface area contributed by atoms with Crippen LogP contribution in [0.1, 0.15) is 90.4 Å². The number of carbonyl (C=O) groups is 1. The molecule has 2 saturated carbocycles. The highest BCUT2D eigenvalue weighted by Crippen LogP contribution is 2.60. The molecule has 0 aromatic heterocycles. The molecule has 0 aliphatic heterocycles. The van der Waals surface area contributed by atoms with Crippen LogP contribution < -0.4 is 9.47 Å². The molecule has 0 unspecified atom stereocenters. The number of rotatable bonds is 8. The normalized spacial score (nSPS) is 20.8. The Morgan fingerprint density at radius 3 is 1.88 bits per heavy atom. The highest BCUT2D eigenvalue weighted by molar-refractivity contribution is 5.80. The van der Waals surface area contributed by atoms with Crippen LogP contribution in [-0.2, 0) is 4.79 Å². The number of hydrogen-bond acceptors (Lipinski definition) is 3. The maximum absolute atomic E-state index is 13.7. The van der Waals surface area contributed by atoms with E-state index in [2.05, 4.69) is 11.7 Å². The molecule has 186 valence electrons. The van der Waals surface area contributed by atoms with Crippen LogP contribution in [0, 0.1) is 10.8 Å².